The van der Waals surface area contributed by atoms with E-state index in [0.29, 0.717) is 12.6 Å². The summed E-state index contributed by atoms with van der Waals surface area (Å²) in [5, 5.41) is 3.86. The standard InChI is InChI=1S/C16H29NO2/c1-3-12-6-5-7-15(12)17-14-10-8-13(9-11-14)16(18)19-4-2/h12-15,17H,3-11H2,1-2H3. The van der Waals surface area contributed by atoms with Crippen LogP contribution in [0.2, 0.25) is 0 Å². The van der Waals surface area contributed by atoms with Crippen molar-refractivity contribution >= 4 is 5.97 Å². The average Bonchev–Trinajstić information content (AvgIpc) is 2.87. The Morgan fingerprint density at radius 2 is 1.84 bits per heavy atom. The van der Waals surface area contributed by atoms with Gasteiger partial charge in [-0.25, -0.2) is 0 Å². The Bertz CT molecular complexity index is 284. The van der Waals surface area contributed by atoms with Gasteiger partial charge in [-0.05, 0) is 51.4 Å². The topological polar surface area (TPSA) is 38.3 Å². The minimum absolute atomic E-state index is 0.0215. The van der Waals surface area contributed by atoms with E-state index < -0.39 is 0 Å². The minimum atomic E-state index is 0.0215. The molecule has 2 aliphatic rings. The summed E-state index contributed by atoms with van der Waals surface area (Å²) in [6.45, 7) is 4.70. The highest BCUT2D eigenvalue weighted by Gasteiger charge is 2.31. The molecule has 110 valence electrons. The van der Waals surface area contributed by atoms with Gasteiger partial charge >= 0.3 is 5.97 Å². The van der Waals surface area contributed by atoms with Crippen LogP contribution in [0.4, 0.5) is 0 Å². The van der Waals surface area contributed by atoms with E-state index in [1.165, 1.54) is 25.7 Å². The Balaban J connectivity index is 1.73. The SMILES string of the molecule is CCOC(=O)C1CCC(NC2CCCC2CC)CC1. The summed E-state index contributed by atoms with van der Waals surface area (Å²) in [5.41, 5.74) is 0. The molecular weight excluding hydrogens is 238 g/mol. The van der Waals surface area contributed by atoms with Gasteiger partial charge < -0.3 is 10.1 Å². The summed E-state index contributed by atoms with van der Waals surface area (Å²) in [6, 6.07) is 1.36. The maximum Gasteiger partial charge on any atom is 0.308 e. The molecule has 2 fully saturated rings. The predicted octanol–water partition coefficient (Wildman–Crippen LogP) is 3.28. The van der Waals surface area contributed by atoms with Crippen LogP contribution in [-0.2, 0) is 9.53 Å². The monoisotopic (exact) mass is 267 g/mol. The molecule has 19 heavy (non-hydrogen) atoms. The first-order chi connectivity index (χ1) is 9.24. The van der Waals surface area contributed by atoms with Gasteiger partial charge in [0.1, 0.15) is 0 Å². The van der Waals surface area contributed by atoms with E-state index in [1.54, 1.807) is 0 Å². The molecule has 0 aliphatic heterocycles. The molecular formula is C16H29NO2. The summed E-state index contributed by atoms with van der Waals surface area (Å²) in [4.78, 5) is 11.7. The van der Waals surface area contributed by atoms with E-state index in [0.717, 1.165) is 37.6 Å². The second kappa shape index (κ2) is 7.28. The Hall–Kier alpha value is -0.570. The molecule has 2 aliphatic carbocycles. The molecule has 3 nitrogen and oxygen atoms in total. The number of esters is 1. The van der Waals surface area contributed by atoms with Gasteiger partial charge in [0.2, 0.25) is 0 Å². The van der Waals surface area contributed by atoms with Crippen LogP contribution in [0, 0.1) is 11.8 Å². The highest BCUT2D eigenvalue weighted by Crippen LogP contribution is 2.31. The molecule has 0 radical (unpaired) electrons. The first-order valence-corrected chi connectivity index (χ1v) is 8.17. The molecule has 0 aromatic carbocycles. The second-order valence-electron chi connectivity index (χ2n) is 6.17. The van der Waals surface area contributed by atoms with E-state index in [2.05, 4.69) is 12.2 Å². The quantitative estimate of drug-likeness (QED) is 0.777. The van der Waals surface area contributed by atoms with E-state index in [4.69, 9.17) is 4.74 Å². The van der Waals surface area contributed by atoms with Crippen molar-refractivity contribution < 1.29 is 9.53 Å². The van der Waals surface area contributed by atoms with E-state index >= 15 is 0 Å². The van der Waals surface area contributed by atoms with Crippen LogP contribution >= 0.6 is 0 Å². The lowest BCUT2D eigenvalue weighted by atomic mass is 9.85. The highest BCUT2D eigenvalue weighted by molar-refractivity contribution is 5.72. The van der Waals surface area contributed by atoms with Crippen molar-refractivity contribution in [1.82, 2.24) is 5.32 Å². The number of hydrogen-bond acceptors (Lipinski definition) is 3. The molecule has 2 atom stereocenters. The maximum absolute atomic E-state index is 11.7. The van der Waals surface area contributed by atoms with Crippen LogP contribution in [0.1, 0.15) is 65.2 Å². The lowest BCUT2D eigenvalue weighted by Crippen LogP contribution is -2.43. The van der Waals surface area contributed by atoms with Gasteiger partial charge in [-0.15, -0.1) is 0 Å². The summed E-state index contributed by atoms with van der Waals surface area (Å²) >= 11 is 0. The van der Waals surface area contributed by atoms with Gasteiger partial charge in [0.15, 0.2) is 0 Å². The third-order valence-corrected chi connectivity index (χ3v) is 4.98. The number of nitrogens with one attached hydrogen (secondary N) is 1. The summed E-state index contributed by atoms with van der Waals surface area (Å²) < 4.78 is 5.13. The molecule has 3 heteroatoms. The van der Waals surface area contributed by atoms with Crippen molar-refractivity contribution in [3.63, 3.8) is 0 Å². The van der Waals surface area contributed by atoms with E-state index in [-0.39, 0.29) is 11.9 Å². The molecule has 0 bridgehead atoms. The zero-order valence-electron chi connectivity index (χ0n) is 12.5. The zero-order valence-corrected chi connectivity index (χ0v) is 12.5. The van der Waals surface area contributed by atoms with Crippen LogP contribution in [0.15, 0.2) is 0 Å². The molecule has 0 spiro atoms. The lowest BCUT2D eigenvalue weighted by Gasteiger charge is -2.32. The van der Waals surface area contributed by atoms with Crippen molar-refractivity contribution in [2.45, 2.75) is 77.3 Å². The molecule has 0 aromatic rings. The molecule has 0 amide bonds. The Labute approximate surface area is 117 Å². The number of carbonyl (C=O) groups excluding carboxylic acids is 1. The Morgan fingerprint density at radius 1 is 1.11 bits per heavy atom. The molecule has 1 N–H and O–H groups in total. The van der Waals surface area contributed by atoms with Crippen molar-refractivity contribution in [3.05, 3.63) is 0 Å². The zero-order chi connectivity index (χ0) is 13.7. The fourth-order valence-corrected chi connectivity index (χ4v) is 3.80. The molecule has 0 aromatic heterocycles. The summed E-state index contributed by atoms with van der Waals surface area (Å²) in [5.74, 6) is 1.06. The molecule has 2 unspecified atom stereocenters. The smallest absolute Gasteiger partial charge is 0.308 e. The predicted molar refractivity (Wildman–Crippen MR) is 76.9 cm³/mol. The van der Waals surface area contributed by atoms with Crippen LogP contribution in [0.25, 0.3) is 0 Å². The maximum atomic E-state index is 11.7. The van der Waals surface area contributed by atoms with Gasteiger partial charge in [0.25, 0.3) is 0 Å². The second-order valence-corrected chi connectivity index (χ2v) is 6.17. The number of rotatable bonds is 5. The summed E-state index contributed by atoms with van der Waals surface area (Å²) in [7, 11) is 0. The van der Waals surface area contributed by atoms with Crippen molar-refractivity contribution in [1.29, 1.82) is 0 Å². The first-order valence-electron chi connectivity index (χ1n) is 8.17. The van der Waals surface area contributed by atoms with Gasteiger partial charge in [0.05, 0.1) is 12.5 Å². The highest BCUT2D eigenvalue weighted by atomic mass is 16.5. The van der Waals surface area contributed by atoms with Crippen LogP contribution in [-0.4, -0.2) is 24.7 Å². The van der Waals surface area contributed by atoms with Gasteiger partial charge in [-0.1, -0.05) is 19.8 Å². The van der Waals surface area contributed by atoms with Crippen molar-refractivity contribution in [3.8, 4) is 0 Å². The molecule has 2 rings (SSSR count). The van der Waals surface area contributed by atoms with Gasteiger partial charge in [0, 0.05) is 12.1 Å². The fraction of sp³-hybridized carbons (Fsp3) is 0.938. The largest absolute Gasteiger partial charge is 0.466 e. The molecule has 2 saturated carbocycles. The normalized spacial score (nSPS) is 35.3. The Kier molecular flexibility index (Phi) is 5.68. The lowest BCUT2D eigenvalue weighted by molar-refractivity contribution is -0.149. The Morgan fingerprint density at radius 3 is 2.47 bits per heavy atom. The fourth-order valence-electron chi connectivity index (χ4n) is 3.80. The van der Waals surface area contributed by atoms with Gasteiger partial charge in [-0.3, -0.25) is 4.79 Å². The van der Waals surface area contributed by atoms with Crippen LogP contribution in [0.3, 0.4) is 0 Å². The van der Waals surface area contributed by atoms with E-state index in [1.807, 2.05) is 6.92 Å². The number of hydrogen-bond donors (Lipinski definition) is 1. The number of carbonyl (C=O) groups is 1. The number of ether oxygens (including phenoxy) is 1. The van der Waals surface area contributed by atoms with Crippen LogP contribution in [0.5, 0.6) is 0 Å². The average molecular weight is 267 g/mol. The molecule has 0 saturated heterocycles. The van der Waals surface area contributed by atoms with E-state index in [9.17, 15) is 4.79 Å². The summed E-state index contributed by atoms with van der Waals surface area (Å²) in [6.07, 6.45) is 9.69. The third-order valence-electron chi connectivity index (χ3n) is 4.98. The minimum Gasteiger partial charge on any atom is -0.466 e. The third kappa shape index (κ3) is 3.95. The first kappa shape index (κ1) is 14.8. The van der Waals surface area contributed by atoms with Crippen LogP contribution < -0.4 is 5.32 Å². The van der Waals surface area contributed by atoms with Crippen molar-refractivity contribution in [2.24, 2.45) is 11.8 Å². The van der Waals surface area contributed by atoms with Gasteiger partial charge in [-0.2, -0.15) is 0 Å². The molecule has 0 heterocycles. The van der Waals surface area contributed by atoms with Crippen molar-refractivity contribution in [2.75, 3.05) is 6.61 Å².